The lowest BCUT2D eigenvalue weighted by Crippen LogP contribution is -2.59. The van der Waals surface area contributed by atoms with Gasteiger partial charge in [0.25, 0.3) is 0 Å². The van der Waals surface area contributed by atoms with Gasteiger partial charge in [-0.25, -0.2) is 0 Å². The first kappa shape index (κ1) is 11.4. The van der Waals surface area contributed by atoms with Gasteiger partial charge in [0.2, 0.25) is 11.8 Å². The van der Waals surface area contributed by atoms with Crippen LogP contribution in [0.1, 0.15) is 33.1 Å². The molecular formula is C12H20N2O2. The highest BCUT2D eigenvalue weighted by Gasteiger charge is 2.42. The quantitative estimate of drug-likeness (QED) is 0.766. The van der Waals surface area contributed by atoms with Gasteiger partial charge in [-0.3, -0.25) is 9.59 Å². The molecule has 1 N–H and O–H groups in total. The third-order valence-corrected chi connectivity index (χ3v) is 3.30. The zero-order valence-electron chi connectivity index (χ0n) is 10.0. The van der Waals surface area contributed by atoms with E-state index >= 15 is 0 Å². The van der Waals surface area contributed by atoms with Crippen LogP contribution >= 0.6 is 0 Å². The fourth-order valence-electron chi connectivity index (χ4n) is 2.08. The Hall–Kier alpha value is -1.06. The van der Waals surface area contributed by atoms with Gasteiger partial charge in [0, 0.05) is 6.54 Å². The molecule has 0 aromatic carbocycles. The van der Waals surface area contributed by atoms with Gasteiger partial charge in [-0.05, 0) is 31.1 Å². The lowest BCUT2D eigenvalue weighted by Gasteiger charge is -2.33. The molecule has 1 aliphatic heterocycles. The second kappa shape index (κ2) is 4.44. The molecule has 1 saturated carbocycles. The maximum absolute atomic E-state index is 12.1. The molecule has 2 fully saturated rings. The summed E-state index contributed by atoms with van der Waals surface area (Å²) in [5.41, 5.74) is 0. The van der Waals surface area contributed by atoms with Crippen LogP contribution in [0, 0.1) is 11.8 Å². The molecule has 0 spiro atoms. The monoisotopic (exact) mass is 224 g/mol. The summed E-state index contributed by atoms with van der Waals surface area (Å²) >= 11 is 0. The largest absolute Gasteiger partial charge is 0.342 e. The van der Waals surface area contributed by atoms with Crippen molar-refractivity contribution in [2.75, 3.05) is 13.1 Å². The van der Waals surface area contributed by atoms with E-state index in [4.69, 9.17) is 0 Å². The van der Waals surface area contributed by atoms with Gasteiger partial charge in [-0.15, -0.1) is 0 Å². The Morgan fingerprint density at radius 2 is 2.06 bits per heavy atom. The van der Waals surface area contributed by atoms with E-state index in [2.05, 4.69) is 19.2 Å². The summed E-state index contributed by atoms with van der Waals surface area (Å²) in [5.74, 6) is 1.10. The highest BCUT2D eigenvalue weighted by Crippen LogP contribution is 2.34. The third-order valence-electron chi connectivity index (χ3n) is 3.30. The molecule has 1 unspecified atom stereocenters. The molecule has 1 saturated heterocycles. The van der Waals surface area contributed by atoms with Crippen LogP contribution in [0.25, 0.3) is 0 Å². The van der Waals surface area contributed by atoms with Crippen molar-refractivity contribution in [3.8, 4) is 0 Å². The van der Waals surface area contributed by atoms with E-state index in [1.807, 2.05) is 0 Å². The number of carbonyl (C=O) groups excluding carboxylic acids is 2. The molecule has 16 heavy (non-hydrogen) atoms. The minimum atomic E-state index is -0.228. The van der Waals surface area contributed by atoms with E-state index in [9.17, 15) is 9.59 Å². The van der Waals surface area contributed by atoms with Gasteiger partial charge in [-0.2, -0.15) is 0 Å². The van der Waals surface area contributed by atoms with Crippen molar-refractivity contribution in [2.24, 2.45) is 11.8 Å². The topological polar surface area (TPSA) is 49.4 Å². The maximum Gasteiger partial charge on any atom is 0.245 e. The van der Waals surface area contributed by atoms with Gasteiger partial charge in [-0.1, -0.05) is 13.8 Å². The van der Waals surface area contributed by atoms with E-state index in [1.54, 1.807) is 4.90 Å². The first-order chi connectivity index (χ1) is 7.58. The molecule has 4 heteroatoms. The molecular weight excluding hydrogens is 204 g/mol. The summed E-state index contributed by atoms with van der Waals surface area (Å²) in [7, 11) is 0. The summed E-state index contributed by atoms with van der Waals surface area (Å²) in [5, 5.41) is 2.82. The van der Waals surface area contributed by atoms with Crippen LogP contribution in [0.4, 0.5) is 0 Å². The summed E-state index contributed by atoms with van der Waals surface area (Å²) in [6.07, 6.45) is 3.12. The average molecular weight is 224 g/mol. The molecule has 4 nitrogen and oxygen atoms in total. The van der Waals surface area contributed by atoms with Crippen LogP contribution < -0.4 is 5.32 Å². The molecule has 0 aromatic rings. The van der Waals surface area contributed by atoms with E-state index in [0.29, 0.717) is 18.4 Å². The number of nitrogens with one attached hydrogen (secondary N) is 1. The van der Waals surface area contributed by atoms with Crippen molar-refractivity contribution in [2.45, 2.75) is 39.2 Å². The Morgan fingerprint density at radius 3 is 2.62 bits per heavy atom. The fraction of sp³-hybridized carbons (Fsp3) is 0.833. The summed E-state index contributed by atoms with van der Waals surface area (Å²) in [4.78, 5) is 25.3. The summed E-state index contributed by atoms with van der Waals surface area (Å²) < 4.78 is 0. The molecule has 2 aliphatic rings. The Kier molecular flexibility index (Phi) is 3.17. The fourth-order valence-corrected chi connectivity index (χ4v) is 2.08. The number of hydrogen-bond donors (Lipinski definition) is 1. The maximum atomic E-state index is 12.1. The molecule has 1 aliphatic carbocycles. The van der Waals surface area contributed by atoms with E-state index in [1.165, 1.54) is 0 Å². The lowest BCUT2D eigenvalue weighted by molar-refractivity contribution is -0.145. The highest BCUT2D eigenvalue weighted by atomic mass is 16.2. The Morgan fingerprint density at radius 1 is 1.38 bits per heavy atom. The molecule has 1 heterocycles. The molecule has 2 amide bonds. The van der Waals surface area contributed by atoms with Crippen molar-refractivity contribution < 1.29 is 9.59 Å². The number of carbonyl (C=O) groups is 2. The molecule has 90 valence electrons. The number of piperazine rings is 1. The van der Waals surface area contributed by atoms with Crippen molar-refractivity contribution in [1.82, 2.24) is 10.2 Å². The van der Waals surface area contributed by atoms with E-state index in [0.717, 1.165) is 19.3 Å². The van der Waals surface area contributed by atoms with Gasteiger partial charge in [0.05, 0.1) is 6.54 Å². The minimum Gasteiger partial charge on any atom is -0.342 e. The molecule has 0 aromatic heterocycles. The second-order valence-electron chi connectivity index (χ2n) is 5.32. The smallest absolute Gasteiger partial charge is 0.245 e. The van der Waals surface area contributed by atoms with Gasteiger partial charge >= 0.3 is 0 Å². The number of hydrogen-bond acceptors (Lipinski definition) is 2. The van der Waals surface area contributed by atoms with Gasteiger partial charge in [0.15, 0.2) is 0 Å². The van der Waals surface area contributed by atoms with Crippen molar-refractivity contribution in [3.05, 3.63) is 0 Å². The van der Waals surface area contributed by atoms with Gasteiger partial charge in [0.1, 0.15) is 6.04 Å². The van der Waals surface area contributed by atoms with Gasteiger partial charge < -0.3 is 10.2 Å². The molecule has 0 bridgehead atoms. The zero-order chi connectivity index (χ0) is 11.7. The Bertz CT molecular complexity index is 297. The first-order valence-electron chi connectivity index (χ1n) is 6.16. The minimum absolute atomic E-state index is 0.000237. The van der Waals surface area contributed by atoms with Crippen LogP contribution in [-0.2, 0) is 9.59 Å². The van der Waals surface area contributed by atoms with Crippen LogP contribution in [0.15, 0.2) is 0 Å². The van der Waals surface area contributed by atoms with Crippen LogP contribution in [0.3, 0.4) is 0 Å². The Balaban J connectivity index is 1.95. The number of amides is 2. The van der Waals surface area contributed by atoms with Crippen molar-refractivity contribution in [1.29, 1.82) is 0 Å². The highest BCUT2D eigenvalue weighted by molar-refractivity contribution is 5.95. The van der Waals surface area contributed by atoms with Crippen molar-refractivity contribution in [3.63, 3.8) is 0 Å². The standard InChI is InChI=1S/C12H20N2O2/c1-8(2)5-6-14-7-10(15)13-11(12(14)16)9-3-4-9/h8-9,11H,3-7H2,1-2H3,(H,13,15). The predicted molar refractivity (Wildman–Crippen MR) is 60.7 cm³/mol. The molecule has 0 radical (unpaired) electrons. The van der Waals surface area contributed by atoms with Crippen molar-refractivity contribution >= 4 is 11.8 Å². The normalized spacial score (nSPS) is 26.2. The first-order valence-corrected chi connectivity index (χ1v) is 6.16. The lowest BCUT2D eigenvalue weighted by atomic mass is 10.1. The second-order valence-corrected chi connectivity index (χ2v) is 5.32. The number of rotatable bonds is 4. The molecule has 1 atom stereocenters. The zero-order valence-corrected chi connectivity index (χ0v) is 10.0. The molecule has 2 rings (SSSR count). The number of nitrogens with zero attached hydrogens (tertiary/aromatic N) is 1. The Labute approximate surface area is 96.4 Å². The van der Waals surface area contributed by atoms with E-state index < -0.39 is 0 Å². The van der Waals surface area contributed by atoms with E-state index in [-0.39, 0.29) is 24.4 Å². The van der Waals surface area contributed by atoms with Crippen LogP contribution in [0.2, 0.25) is 0 Å². The summed E-state index contributed by atoms with van der Waals surface area (Å²) in [6, 6.07) is -0.228. The SMILES string of the molecule is CC(C)CCN1CC(=O)NC(C2CC2)C1=O. The van der Waals surface area contributed by atoms with Crippen LogP contribution in [0.5, 0.6) is 0 Å². The average Bonchev–Trinajstić information content (AvgIpc) is 3.02. The predicted octanol–water partition coefficient (Wildman–Crippen LogP) is 0.769. The summed E-state index contributed by atoms with van der Waals surface area (Å²) in [6.45, 7) is 5.22. The van der Waals surface area contributed by atoms with Crippen LogP contribution in [-0.4, -0.2) is 35.8 Å². The third kappa shape index (κ3) is 2.54.